The van der Waals surface area contributed by atoms with Gasteiger partial charge in [-0.2, -0.15) is 0 Å². The smallest absolute Gasteiger partial charge is 0.220 e. The van der Waals surface area contributed by atoms with Crippen LogP contribution in [-0.4, -0.2) is 67.7 Å². The van der Waals surface area contributed by atoms with Crippen molar-refractivity contribution >= 4 is 40.8 Å². The monoisotopic (exact) mass is 713 g/mol. The number of hydrogen-bond acceptors (Lipinski definition) is 8. The van der Waals surface area contributed by atoms with Gasteiger partial charge in [-0.15, -0.1) is 0 Å². The van der Waals surface area contributed by atoms with E-state index in [1.165, 1.54) is 0 Å². The molecule has 0 bridgehead atoms. The van der Waals surface area contributed by atoms with Crippen LogP contribution in [0.1, 0.15) is 49.3 Å². The van der Waals surface area contributed by atoms with Crippen LogP contribution in [0.2, 0.25) is 10.0 Å². The topological polar surface area (TPSA) is 121 Å². The zero-order valence-electron chi connectivity index (χ0n) is 28.2. The standard InChI is InChI=1S/C38H41Cl2N7O3/c1-47-18-17-30(42-21-24-11-16-34(49)44-24)29-12-14-31(45-37(29)47)27-7-3-5-25(35(27)39)26-6-4-8-28(36(26)40)32-13-9-22(38(46-32)50-2)19-41-20-23-10-15-33(48)43-23/h3-9,12-14,23-24,30,41-42H,10-11,15-21H2,1-2H3,(H,43,48)(H,44,49). The van der Waals surface area contributed by atoms with Crippen molar-refractivity contribution in [3.63, 3.8) is 0 Å². The highest BCUT2D eigenvalue weighted by Gasteiger charge is 2.28. The van der Waals surface area contributed by atoms with Gasteiger partial charge in [0.05, 0.1) is 28.5 Å². The molecule has 2 saturated heterocycles. The van der Waals surface area contributed by atoms with E-state index in [1.54, 1.807) is 7.11 Å². The summed E-state index contributed by atoms with van der Waals surface area (Å²) in [5.74, 6) is 1.67. The maximum Gasteiger partial charge on any atom is 0.220 e. The van der Waals surface area contributed by atoms with E-state index >= 15 is 0 Å². The molecule has 0 spiro atoms. The maximum absolute atomic E-state index is 11.7. The lowest BCUT2D eigenvalue weighted by atomic mass is 9.96. The Hall–Kier alpha value is -4.22. The normalized spacial score (nSPS) is 20.1. The number of fused-ring (bicyclic) bond motifs is 1. The summed E-state index contributed by atoms with van der Waals surface area (Å²) < 4.78 is 5.67. The van der Waals surface area contributed by atoms with Crippen LogP contribution in [0, 0.1) is 0 Å². The molecule has 50 heavy (non-hydrogen) atoms. The molecule has 5 heterocycles. The molecular formula is C38H41Cl2N7O3. The zero-order chi connectivity index (χ0) is 34.8. The summed E-state index contributed by atoms with van der Waals surface area (Å²) in [5, 5.41) is 14.2. The van der Waals surface area contributed by atoms with Crippen molar-refractivity contribution in [3.05, 3.63) is 81.8 Å². The lowest BCUT2D eigenvalue weighted by Crippen LogP contribution is -2.40. The summed E-state index contributed by atoms with van der Waals surface area (Å²) in [7, 11) is 3.67. The lowest BCUT2D eigenvalue weighted by Gasteiger charge is -2.33. The SMILES string of the molecule is COc1nc(-c2cccc(-c3cccc(-c4ccc5c(n4)N(C)CCC5NCC4CCC(=O)N4)c3Cl)c2Cl)ccc1CNCC1CCC(=O)N1. The van der Waals surface area contributed by atoms with Gasteiger partial charge in [-0.25, -0.2) is 9.97 Å². The molecular weight excluding hydrogens is 673 g/mol. The van der Waals surface area contributed by atoms with Crippen LogP contribution in [0.15, 0.2) is 60.7 Å². The number of nitrogens with zero attached hydrogens (tertiary/aromatic N) is 3. The van der Waals surface area contributed by atoms with Gasteiger partial charge in [0.2, 0.25) is 17.7 Å². The first-order valence-corrected chi connectivity index (χ1v) is 17.9. The van der Waals surface area contributed by atoms with Gasteiger partial charge in [-0.05, 0) is 31.4 Å². The fourth-order valence-corrected chi connectivity index (χ4v) is 7.76. The molecule has 2 aromatic heterocycles. The second kappa shape index (κ2) is 14.9. The van der Waals surface area contributed by atoms with Crippen molar-refractivity contribution in [3.8, 4) is 39.5 Å². The number of methoxy groups -OCH3 is 1. The van der Waals surface area contributed by atoms with Gasteiger partial charge in [0.25, 0.3) is 0 Å². The maximum atomic E-state index is 11.7. The lowest BCUT2D eigenvalue weighted by molar-refractivity contribution is -0.120. The van der Waals surface area contributed by atoms with E-state index in [1.807, 2.05) is 54.6 Å². The van der Waals surface area contributed by atoms with Crippen molar-refractivity contribution < 1.29 is 14.3 Å². The molecule has 7 rings (SSSR count). The van der Waals surface area contributed by atoms with Gasteiger partial charge in [0, 0.05) is 97.6 Å². The fourth-order valence-electron chi connectivity index (χ4n) is 7.12. The third kappa shape index (κ3) is 7.16. The van der Waals surface area contributed by atoms with Crippen LogP contribution in [0.3, 0.4) is 0 Å². The largest absolute Gasteiger partial charge is 0.481 e. The minimum Gasteiger partial charge on any atom is -0.481 e. The molecule has 2 aromatic carbocycles. The number of ether oxygens (including phenoxy) is 1. The van der Waals surface area contributed by atoms with Gasteiger partial charge in [0.15, 0.2) is 0 Å². The number of rotatable bonds is 11. The van der Waals surface area contributed by atoms with Crippen LogP contribution in [-0.2, 0) is 16.1 Å². The number of hydrogen-bond donors (Lipinski definition) is 4. The first-order chi connectivity index (χ1) is 24.3. The van der Waals surface area contributed by atoms with Gasteiger partial charge in [-0.1, -0.05) is 71.7 Å². The van der Waals surface area contributed by atoms with Crippen molar-refractivity contribution in [2.75, 3.05) is 38.7 Å². The summed E-state index contributed by atoms with van der Waals surface area (Å²) in [4.78, 5) is 35.3. The third-order valence-corrected chi connectivity index (χ3v) is 10.7. The molecule has 12 heteroatoms. The molecule has 3 aliphatic rings. The third-order valence-electron chi connectivity index (χ3n) is 9.85. The van der Waals surface area contributed by atoms with Crippen LogP contribution < -0.4 is 30.9 Å². The molecule has 10 nitrogen and oxygen atoms in total. The quantitative estimate of drug-likeness (QED) is 0.152. The Morgan fingerprint density at radius 2 is 1.40 bits per heavy atom. The molecule has 0 aliphatic carbocycles. The van der Waals surface area contributed by atoms with Crippen molar-refractivity contribution in [2.24, 2.45) is 0 Å². The van der Waals surface area contributed by atoms with E-state index in [0.717, 1.165) is 77.2 Å². The molecule has 4 N–H and O–H groups in total. The van der Waals surface area contributed by atoms with E-state index in [9.17, 15) is 9.59 Å². The van der Waals surface area contributed by atoms with E-state index in [-0.39, 0.29) is 29.9 Å². The van der Waals surface area contributed by atoms with Gasteiger partial charge < -0.3 is 30.9 Å². The summed E-state index contributed by atoms with van der Waals surface area (Å²) in [5.41, 5.74) is 6.70. The van der Waals surface area contributed by atoms with Gasteiger partial charge in [-0.3, -0.25) is 9.59 Å². The van der Waals surface area contributed by atoms with Gasteiger partial charge >= 0.3 is 0 Å². The first kappa shape index (κ1) is 34.2. The van der Waals surface area contributed by atoms with Crippen LogP contribution in [0.4, 0.5) is 5.82 Å². The number of carbonyl (C=O) groups is 2. The summed E-state index contributed by atoms with van der Waals surface area (Å²) in [6.07, 6.45) is 3.83. The Balaban J connectivity index is 1.12. The van der Waals surface area contributed by atoms with Crippen molar-refractivity contribution in [2.45, 2.75) is 56.8 Å². The Morgan fingerprint density at radius 1 is 0.800 bits per heavy atom. The van der Waals surface area contributed by atoms with Crippen LogP contribution in [0.5, 0.6) is 5.88 Å². The average molecular weight is 715 g/mol. The number of anilines is 1. The number of carbonyl (C=O) groups excluding carboxylic acids is 2. The predicted molar refractivity (Wildman–Crippen MR) is 198 cm³/mol. The minimum absolute atomic E-state index is 0.103. The van der Waals surface area contributed by atoms with E-state index in [2.05, 4.69) is 39.3 Å². The minimum atomic E-state index is 0.103. The Morgan fingerprint density at radius 3 is 2.02 bits per heavy atom. The van der Waals surface area contributed by atoms with E-state index in [0.29, 0.717) is 47.6 Å². The summed E-state index contributed by atoms with van der Waals surface area (Å²) in [6.45, 7) is 2.84. The highest BCUT2D eigenvalue weighted by atomic mass is 35.5. The molecule has 2 amide bonds. The first-order valence-electron chi connectivity index (χ1n) is 17.2. The van der Waals surface area contributed by atoms with Crippen LogP contribution in [0.25, 0.3) is 33.6 Å². The highest BCUT2D eigenvalue weighted by molar-refractivity contribution is 6.39. The number of benzene rings is 2. The number of pyridine rings is 2. The number of amides is 2. The molecule has 0 radical (unpaired) electrons. The van der Waals surface area contributed by atoms with Gasteiger partial charge in [0.1, 0.15) is 5.82 Å². The summed E-state index contributed by atoms with van der Waals surface area (Å²) >= 11 is 14.3. The predicted octanol–water partition coefficient (Wildman–Crippen LogP) is 5.91. The average Bonchev–Trinajstić information content (AvgIpc) is 3.75. The zero-order valence-corrected chi connectivity index (χ0v) is 29.7. The molecule has 3 atom stereocenters. The molecule has 3 aliphatic heterocycles. The Kier molecular flexibility index (Phi) is 10.2. The molecule has 0 saturated carbocycles. The number of halogens is 2. The highest BCUT2D eigenvalue weighted by Crippen LogP contribution is 2.43. The van der Waals surface area contributed by atoms with Crippen molar-refractivity contribution in [1.29, 1.82) is 0 Å². The van der Waals surface area contributed by atoms with Crippen molar-refractivity contribution in [1.82, 2.24) is 31.2 Å². The fraction of sp³-hybridized carbons (Fsp3) is 0.368. The van der Waals surface area contributed by atoms with E-state index in [4.69, 9.17) is 37.9 Å². The molecule has 4 aromatic rings. The summed E-state index contributed by atoms with van der Waals surface area (Å²) in [6, 6.07) is 20.4. The van der Waals surface area contributed by atoms with E-state index < -0.39 is 0 Å². The Bertz CT molecular complexity index is 1920. The molecule has 2 fully saturated rings. The molecule has 260 valence electrons. The Labute approximate surface area is 302 Å². The number of nitrogens with one attached hydrogen (secondary N) is 4. The second-order valence-corrected chi connectivity index (χ2v) is 14.0. The number of aromatic nitrogens is 2. The second-order valence-electron chi connectivity index (χ2n) is 13.2. The molecule has 3 unspecified atom stereocenters. The van der Waals surface area contributed by atoms with Crippen LogP contribution >= 0.6 is 23.2 Å².